The Hall–Kier alpha value is -5.11. The smallest absolute Gasteiger partial charge is 0.387 e. The number of nitrogen functional groups attached to an aromatic ring is 2. The quantitative estimate of drug-likeness (QED) is 0.0221. The number of amides is 1. The Kier molecular flexibility index (Phi) is 17.5. The van der Waals surface area contributed by atoms with Gasteiger partial charge in [0.2, 0.25) is 24.4 Å². The number of aromatic amines is 2. The van der Waals surface area contributed by atoms with Crippen LogP contribution in [0.5, 0.6) is 0 Å². The molecule has 0 aliphatic carbocycles. The summed E-state index contributed by atoms with van der Waals surface area (Å²) in [4.78, 5) is 112. The molecule has 3 aliphatic heterocycles. The topological polar surface area (TPSA) is 536 Å². The van der Waals surface area contributed by atoms with Crippen molar-refractivity contribution in [3.05, 3.63) is 62.4 Å². The second kappa shape index (κ2) is 23.2. The van der Waals surface area contributed by atoms with E-state index in [1.807, 2.05) is 4.98 Å². The molecule has 14 N–H and O–H groups in total. The number of imidazole rings is 2. The highest BCUT2D eigenvalue weighted by Crippen LogP contribution is 2.68. The highest BCUT2D eigenvalue weighted by atomic mass is 31.3. The SMILES string of the molecule is CCCC(=O)NC[C@H]1[C@@H](O)[C@H](n2c[n+](C)c3c(=O)[nH]c(N)nc32)O[C@@H]1COP(=O)(O)OP(=O)(O)OP(=O)(O)OCC1O[C@@H](n2cnc3c(N)ncnc32)[C@H](OC)[C@@H]1OP(=O)(O)OC[C@H]1O[C@@H](n2ccc(=O)[nH]c2=O)[C@H](O)[C@@H]1O. The maximum Gasteiger partial charge on any atom is 0.490 e. The van der Waals surface area contributed by atoms with E-state index in [0.717, 1.165) is 36.6 Å². The second-order valence-corrected chi connectivity index (χ2v) is 23.5. The van der Waals surface area contributed by atoms with Crippen molar-refractivity contribution in [2.45, 2.75) is 87.3 Å². The van der Waals surface area contributed by atoms with Crippen LogP contribution in [0.15, 0.2) is 45.6 Å². The number of nitrogens with two attached hydrogens (primary N) is 2. The molecular formula is C36H52N13O25P4+. The van der Waals surface area contributed by atoms with Gasteiger partial charge < -0.3 is 70.6 Å². The highest BCUT2D eigenvalue weighted by Gasteiger charge is 2.54. The number of phosphoric ester groups is 3. The summed E-state index contributed by atoms with van der Waals surface area (Å²) in [7, 11) is -21.0. The van der Waals surface area contributed by atoms with Crippen LogP contribution in [0.25, 0.3) is 22.3 Å². The van der Waals surface area contributed by atoms with Crippen LogP contribution >= 0.6 is 31.3 Å². The van der Waals surface area contributed by atoms with Crippen molar-refractivity contribution < 1.29 is 108 Å². The van der Waals surface area contributed by atoms with E-state index in [2.05, 4.69) is 38.9 Å². The molecule has 5 aromatic rings. The van der Waals surface area contributed by atoms with Crippen LogP contribution in [0.2, 0.25) is 0 Å². The molecule has 5 aromatic heterocycles. The monoisotopic (exact) mass is 1190 g/mol. The minimum absolute atomic E-state index is 0.000252. The summed E-state index contributed by atoms with van der Waals surface area (Å²) in [5.41, 5.74) is 9.20. The third-order valence-electron chi connectivity index (χ3n) is 12.2. The van der Waals surface area contributed by atoms with E-state index in [4.69, 9.17) is 48.5 Å². The Labute approximate surface area is 435 Å². The summed E-state index contributed by atoms with van der Waals surface area (Å²) in [5.74, 6) is -1.99. The van der Waals surface area contributed by atoms with Crippen LogP contribution in [0.1, 0.15) is 38.4 Å². The van der Waals surface area contributed by atoms with E-state index in [-0.39, 0.29) is 47.1 Å². The highest BCUT2D eigenvalue weighted by molar-refractivity contribution is 7.66. The van der Waals surface area contributed by atoms with Gasteiger partial charge in [0.05, 0.1) is 39.3 Å². The number of fused-ring (bicyclic) bond motifs is 2. The van der Waals surface area contributed by atoms with Gasteiger partial charge in [-0.05, 0) is 6.42 Å². The zero-order chi connectivity index (χ0) is 56.8. The van der Waals surface area contributed by atoms with Crippen molar-refractivity contribution in [1.82, 2.24) is 48.9 Å². The van der Waals surface area contributed by atoms with E-state index in [9.17, 15) is 72.3 Å². The first kappa shape index (κ1) is 59.0. The van der Waals surface area contributed by atoms with Gasteiger partial charge >= 0.3 is 42.5 Å². The van der Waals surface area contributed by atoms with Crippen LogP contribution in [0, 0.1) is 5.92 Å². The Morgan fingerprint density at radius 1 is 0.782 bits per heavy atom. The predicted molar refractivity (Wildman–Crippen MR) is 253 cm³/mol. The number of rotatable bonds is 23. The lowest BCUT2D eigenvalue weighted by Crippen LogP contribution is -2.39. The molecule has 430 valence electrons. The fourth-order valence-corrected chi connectivity index (χ4v) is 13.2. The van der Waals surface area contributed by atoms with E-state index >= 15 is 0 Å². The van der Waals surface area contributed by atoms with Gasteiger partial charge in [-0.1, -0.05) is 6.92 Å². The Balaban J connectivity index is 0.948. The minimum Gasteiger partial charge on any atom is -0.387 e. The number of hydrogen-bond donors (Lipinski definition) is 12. The average Bonchev–Trinajstić information content (AvgIpc) is 4.17. The molecule has 16 atom stereocenters. The van der Waals surface area contributed by atoms with E-state index < -0.39 is 147 Å². The molecular weight excluding hydrogens is 1140 g/mol. The Bertz CT molecular complexity index is 3410. The zero-order valence-electron chi connectivity index (χ0n) is 40.6. The number of phosphoric acid groups is 4. The number of carbonyl (C=O) groups excluding carboxylic acids is 1. The molecule has 8 heterocycles. The number of methoxy groups -OCH3 is 1. The molecule has 1 amide bonds. The number of H-pyrrole nitrogens is 2. The molecule has 3 aliphatic rings. The fourth-order valence-electron chi connectivity index (χ4n) is 8.67. The van der Waals surface area contributed by atoms with Crippen LogP contribution < -0.4 is 38.2 Å². The maximum absolute atomic E-state index is 13.6. The molecule has 5 unspecified atom stereocenters. The molecule has 0 bridgehead atoms. The van der Waals surface area contributed by atoms with Gasteiger partial charge in [-0.15, -0.1) is 0 Å². The summed E-state index contributed by atoms with van der Waals surface area (Å²) in [5, 5.41) is 35.4. The standard InChI is InChI=1S/C36H51N13O25P4/c1-4-5-19(50)39-8-15-16(69-32(23(15)52)49-14-46(2)22-30(49)44-35(38)45-31(22)55)9-67-76(59,60)73-78(63,64)74-77(61,62)68-11-18-26(27(65-3)34(71-18)48-13-42-21-28(37)40-12-41-29(21)48)72-75(57,58)66-10-17-24(53)25(54)33(70-17)47-7-6-20(51)43-36(47)56/h6-7,12-18,23-27,32-34,52-54H,4-5,8-11H2,1-3H3,(H10-,37,38,39,40,41,43,44,45,50,51,55,56,57,58,59,60,61,62,63,64)/p+1/t15-,16-,17-,18?,23-,24-,25-,26-,27-,32-,33-,34-/m1/s1. The molecule has 0 radical (unpaired) electrons. The van der Waals surface area contributed by atoms with Crippen molar-refractivity contribution in [3.8, 4) is 0 Å². The van der Waals surface area contributed by atoms with Crippen molar-refractivity contribution in [2.24, 2.45) is 13.0 Å². The van der Waals surface area contributed by atoms with Crippen LogP contribution in [-0.4, -0.2) is 167 Å². The maximum atomic E-state index is 13.6. The number of anilines is 2. The summed E-state index contributed by atoms with van der Waals surface area (Å²) < 4.78 is 110. The molecule has 0 spiro atoms. The van der Waals surface area contributed by atoms with E-state index in [1.54, 1.807) is 6.92 Å². The summed E-state index contributed by atoms with van der Waals surface area (Å²) in [6.45, 7) is -1.92. The number of aliphatic hydroxyl groups is 3. The third-order valence-corrected chi connectivity index (χ3v) is 17.4. The number of hydrogen-bond acceptors (Lipinski definition) is 27. The molecule has 38 nitrogen and oxygen atoms in total. The summed E-state index contributed by atoms with van der Waals surface area (Å²) >= 11 is 0. The average molecular weight is 1190 g/mol. The van der Waals surface area contributed by atoms with Crippen LogP contribution in [-0.2, 0) is 75.8 Å². The zero-order valence-corrected chi connectivity index (χ0v) is 44.1. The molecule has 3 fully saturated rings. The van der Waals surface area contributed by atoms with Crippen molar-refractivity contribution in [1.29, 1.82) is 0 Å². The molecule has 3 saturated heterocycles. The summed E-state index contributed by atoms with van der Waals surface area (Å²) in [6, 6.07) is 0.922. The number of aryl methyl sites for hydroxylation is 1. The third kappa shape index (κ3) is 12.9. The van der Waals surface area contributed by atoms with Gasteiger partial charge in [0, 0.05) is 38.3 Å². The minimum atomic E-state index is -6.23. The number of ether oxygens (including phenoxy) is 4. The van der Waals surface area contributed by atoms with Gasteiger partial charge in [0.15, 0.2) is 23.9 Å². The van der Waals surface area contributed by atoms with Gasteiger partial charge in [0.1, 0.15) is 54.6 Å². The normalized spacial score (nSPS) is 29.6. The van der Waals surface area contributed by atoms with Crippen molar-refractivity contribution >= 4 is 71.3 Å². The number of nitrogens with zero attached hydrogens (tertiary/aromatic N) is 8. The van der Waals surface area contributed by atoms with Crippen molar-refractivity contribution in [3.63, 3.8) is 0 Å². The lowest BCUT2D eigenvalue weighted by atomic mass is 9.98. The number of carbonyl (C=O) groups is 1. The molecule has 0 aromatic carbocycles. The van der Waals surface area contributed by atoms with Crippen molar-refractivity contribution in [2.75, 3.05) is 44.9 Å². The van der Waals surface area contributed by atoms with Gasteiger partial charge in [-0.3, -0.25) is 51.6 Å². The number of nitrogens with one attached hydrogen (secondary N) is 3. The molecule has 8 rings (SSSR count). The molecule has 78 heavy (non-hydrogen) atoms. The first-order valence-corrected chi connectivity index (χ1v) is 28.8. The summed E-state index contributed by atoms with van der Waals surface area (Å²) in [6.07, 6.45) is -13.2. The van der Waals surface area contributed by atoms with E-state index in [1.165, 1.54) is 27.1 Å². The molecule has 0 saturated carbocycles. The Morgan fingerprint density at radius 2 is 1.41 bits per heavy atom. The Morgan fingerprint density at radius 3 is 2.08 bits per heavy atom. The van der Waals surface area contributed by atoms with E-state index in [0.29, 0.717) is 6.42 Å². The number of aliphatic hydroxyl groups excluding tert-OH is 3. The van der Waals surface area contributed by atoms with Gasteiger partial charge in [-0.25, -0.2) is 42.6 Å². The lowest BCUT2D eigenvalue weighted by molar-refractivity contribution is -0.646. The number of aromatic nitrogens is 10. The van der Waals surface area contributed by atoms with Crippen LogP contribution in [0.3, 0.4) is 0 Å². The first-order valence-electron chi connectivity index (χ1n) is 22.8. The largest absolute Gasteiger partial charge is 0.490 e. The molecule has 42 heteroatoms. The lowest BCUT2D eigenvalue weighted by Gasteiger charge is -2.26. The second-order valence-electron chi connectivity index (χ2n) is 17.4. The fraction of sp³-hybridized carbons (Fsp3) is 0.583. The van der Waals surface area contributed by atoms with Gasteiger partial charge in [-0.2, -0.15) is 18.2 Å². The predicted octanol–water partition coefficient (Wildman–Crippen LogP) is -3.70. The van der Waals surface area contributed by atoms with Crippen LogP contribution in [0.4, 0.5) is 11.8 Å². The van der Waals surface area contributed by atoms with Gasteiger partial charge in [0.25, 0.3) is 16.7 Å². The first-order chi connectivity index (χ1) is 36.6.